The lowest BCUT2D eigenvalue weighted by Crippen LogP contribution is -2.48. The van der Waals surface area contributed by atoms with Crippen LogP contribution in [-0.2, 0) is 5.75 Å². The van der Waals surface area contributed by atoms with E-state index in [0.29, 0.717) is 24.5 Å². The van der Waals surface area contributed by atoms with Crippen molar-refractivity contribution < 1.29 is 4.79 Å². The fourth-order valence-corrected chi connectivity index (χ4v) is 6.39. The van der Waals surface area contributed by atoms with Gasteiger partial charge < -0.3 is 4.90 Å². The normalized spacial score (nSPS) is 14.1. The average molecular weight is 580 g/mol. The number of thioether (sulfide) groups is 1. The molecule has 1 aliphatic heterocycles. The third-order valence-corrected chi connectivity index (χ3v) is 8.77. The molecule has 1 amide bonds. The first kappa shape index (κ1) is 27.1. The zero-order chi connectivity index (χ0) is 27.9. The maximum Gasteiger partial charge on any atom is 0.273 e. The van der Waals surface area contributed by atoms with Gasteiger partial charge in [0, 0.05) is 61.7 Å². The molecule has 0 atom stereocenters. The van der Waals surface area contributed by atoms with E-state index in [4.69, 9.17) is 0 Å². The van der Waals surface area contributed by atoms with Gasteiger partial charge in [-0.25, -0.2) is 4.98 Å². The molecule has 206 valence electrons. The van der Waals surface area contributed by atoms with Gasteiger partial charge in [-0.2, -0.15) is 0 Å². The van der Waals surface area contributed by atoms with Gasteiger partial charge in [0.05, 0.1) is 5.75 Å². The molecule has 0 N–H and O–H groups in total. The van der Waals surface area contributed by atoms with Gasteiger partial charge in [0.1, 0.15) is 10.7 Å². The van der Waals surface area contributed by atoms with Crippen molar-refractivity contribution in [3.8, 4) is 17.1 Å². The molecule has 0 aliphatic carbocycles. The second-order valence-electron chi connectivity index (χ2n) is 9.54. The minimum atomic E-state index is 0.00305. The molecule has 0 bridgehead atoms. The van der Waals surface area contributed by atoms with Crippen LogP contribution in [0.2, 0.25) is 0 Å². The number of para-hydroxylation sites is 1. The van der Waals surface area contributed by atoms with Crippen molar-refractivity contribution in [3.05, 3.63) is 113 Å². The van der Waals surface area contributed by atoms with Crippen LogP contribution in [0.1, 0.15) is 21.1 Å². The van der Waals surface area contributed by atoms with Gasteiger partial charge in [-0.3, -0.25) is 19.2 Å². The highest BCUT2D eigenvalue weighted by Crippen LogP contribution is 2.30. The third-order valence-electron chi connectivity index (χ3n) is 6.80. The lowest BCUT2D eigenvalue weighted by atomic mass is 10.2. The number of carbonyl (C=O) groups is 1. The number of thiazole rings is 1. The first-order valence-corrected chi connectivity index (χ1v) is 15.3. The monoisotopic (exact) mass is 579 g/mol. The Kier molecular flexibility index (Phi) is 8.60. The molecule has 2 aromatic carbocycles. The molecule has 3 aromatic heterocycles. The molecular weight excluding hydrogens is 551 g/mol. The zero-order valence-electron chi connectivity index (χ0n) is 22.4. The first-order valence-electron chi connectivity index (χ1n) is 13.5. The minimum Gasteiger partial charge on any atom is -0.335 e. The highest BCUT2D eigenvalue weighted by Gasteiger charge is 2.24. The second-order valence-corrected chi connectivity index (χ2v) is 11.4. The van der Waals surface area contributed by atoms with Gasteiger partial charge in [0.15, 0.2) is 11.0 Å². The molecule has 0 radical (unpaired) electrons. The first-order chi connectivity index (χ1) is 20.2. The number of pyridine rings is 1. The Hall–Kier alpha value is -4.12. The highest BCUT2D eigenvalue weighted by molar-refractivity contribution is 7.98. The molecule has 6 rings (SSSR count). The van der Waals surface area contributed by atoms with Crippen LogP contribution >= 0.6 is 23.1 Å². The summed E-state index contributed by atoms with van der Waals surface area (Å²) in [6, 6.07) is 24.2. The summed E-state index contributed by atoms with van der Waals surface area (Å²) in [6.45, 7) is 4.00. The fourth-order valence-electron chi connectivity index (χ4n) is 4.65. The van der Waals surface area contributed by atoms with Gasteiger partial charge in [-0.1, -0.05) is 72.4 Å². The lowest BCUT2D eigenvalue weighted by molar-refractivity contribution is 0.0645. The number of rotatable bonds is 9. The molecule has 41 heavy (non-hydrogen) atoms. The van der Waals surface area contributed by atoms with Gasteiger partial charge in [-0.05, 0) is 29.8 Å². The molecule has 5 aromatic rings. The Balaban J connectivity index is 1.06. The minimum absolute atomic E-state index is 0.00305. The van der Waals surface area contributed by atoms with E-state index in [9.17, 15) is 4.79 Å². The van der Waals surface area contributed by atoms with Crippen molar-refractivity contribution in [1.29, 1.82) is 0 Å². The average Bonchev–Trinajstić information content (AvgIpc) is 3.69. The summed E-state index contributed by atoms with van der Waals surface area (Å²) in [5.41, 5.74) is 3.59. The Morgan fingerprint density at radius 1 is 0.927 bits per heavy atom. The van der Waals surface area contributed by atoms with Crippen LogP contribution in [0.5, 0.6) is 0 Å². The Labute approximate surface area is 247 Å². The Bertz CT molecular complexity index is 1600. The van der Waals surface area contributed by atoms with Gasteiger partial charge >= 0.3 is 0 Å². The molecular formula is C31H29N7OS2. The van der Waals surface area contributed by atoms with E-state index in [1.54, 1.807) is 24.2 Å². The van der Waals surface area contributed by atoms with E-state index in [1.807, 2.05) is 75.5 Å². The lowest BCUT2D eigenvalue weighted by Gasteiger charge is -2.33. The van der Waals surface area contributed by atoms with Gasteiger partial charge in [-0.15, -0.1) is 21.5 Å². The Morgan fingerprint density at radius 2 is 1.71 bits per heavy atom. The summed E-state index contributed by atoms with van der Waals surface area (Å²) < 4.78 is 2.04. The number of benzene rings is 2. The molecule has 0 saturated carbocycles. The van der Waals surface area contributed by atoms with E-state index < -0.39 is 0 Å². The number of aromatic nitrogens is 5. The summed E-state index contributed by atoms with van der Waals surface area (Å²) in [5.74, 6) is 1.33. The van der Waals surface area contributed by atoms with E-state index in [0.717, 1.165) is 46.9 Å². The van der Waals surface area contributed by atoms with Crippen LogP contribution in [0, 0.1) is 0 Å². The predicted molar refractivity (Wildman–Crippen MR) is 164 cm³/mol. The van der Waals surface area contributed by atoms with Crippen LogP contribution in [0.4, 0.5) is 0 Å². The molecule has 10 heteroatoms. The van der Waals surface area contributed by atoms with E-state index in [1.165, 1.54) is 16.9 Å². The van der Waals surface area contributed by atoms with Crippen molar-refractivity contribution >= 4 is 35.1 Å². The van der Waals surface area contributed by atoms with E-state index in [-0.39, 0.29) is 5.91 Å². The SMILES string of the molecule is O=C(c1csc(CSc2nnc(-c3cccnc3)n2-c2ccccc2)n1)N1CCN(C/C=C/c2ccccc2)CC1. The maximum atomic E-state index is 13.2. The van der Waals surface area contributed by atoms with Crippen molar-refractivity contribution in [3.63, 3.8) is 0 Å². The van der Waals surface area contributed by atoms with Crippen molar-refractivity contribution in [2.24, 2.45) is 0 Å². The molecule has 1 saturated heterocycles. The topological polar surface area (TPSA) is 80.0 Å². The van der Waals surface area contributed by atoms with Gasteiger partial charge in [0.25, 0.3) is 5.91 Å². The summed E-state index contributed by atoms with van der Waals surface area (Å²) in [6.07, 6.45) is 7.87. The Morgan fingerprint density at radius 3 is 2.46 bits per heavy atom. The second kappa shape index (κ2) is 13.0. The van der Waals surface area contributed by atoms with Crippen LogP contribution in [0.25, 0.3) is 23.2 Å². The van der Waals surface area contributed by atoms with Crippen molar-refractivity contribution in [2.45, 2.75) is 10.9 Å². The third kappa shape index (κ3) is 6.62. The maximum absolute atomic E-state index is 13.2. The number of piperazine rings is 1. The van der Waals surface area contributed by atoms with Crippen LogP contribution in [0.3, 0.4) is 0 Å². The van der Waals surface area contributed by atoms with Crippen LogP contribution < -0.4 is 0 Å². The number of carbonyl (C=O) groups excluding carboxylic acids is 1. The molecule has 0 unspecified atom stereocenters. The number of nitrogens with zero attached hydrogens (tertiary/aromatic N) is 7. The summed E-state index contributed by atoms with van der Waals surface area (Å²) in [7, 11) is 0. The highest BCUT2D eigenvalue weighted by atomic mass is 32.2. The van der Waals surface area contributed by atoms with Crippen LogP contribution in [-0.4, -0.2) is 73.2 Å². The zero-order valence-corrected chi connectivity index (χ0v) is 24.0. The fraction of sp³-hybridized carbons (Fsp3) is 0.194. The predicted octanol–water partition coefficient (Wildman–Crippen LogP) is 5.55. The summed E-state index contributed by atoms with van der Waals surface area (Å²) in [4.78, 5) is 26.4. The number of hydrogen-bond donors (Lipinski definition) is 0. The van der Waals surface area contributed by atoms with E-state index >= 15 is 0 Å². The summed E-state index contributed by atoms with van der Waals surface area (Å²) in [5, 5.41) is 12.5. The molecule has 1 aliphatic rings. The van der Waals surface area contributed by atoms with Gasteiger partial charge in [0.2, 0.25) is 0 Å². The molecule has 0 spiro atoms. The summed E-state index contributed by atoms with van der Waals surface area (Å²) >= 11 is 3.07. The quantitative estimate of drug-likeness (QED) is 0.212. The molecule has 1 fully saturated rings. The standard InChI is InChI=1S/C31H29N7OS2/c39-30(37-19-17-36(18-20-37)16-8-11-24-9-3-1-4-10-24)27-22-40-28(33-27)23-41-31-35-34-29(25-12-7-15-32-21-25)38(31)26-13-5-2-6-14-26/h1-15,21-22H,16-20,23H2/b11-8+. The largest absolute Gasteiger partial charge is 0.335 e. The van der Waals surface area contributed by atoms with E-state index in [2.05, 4.69) is 49.4 Å². The number of hydrogen-bond acceptors (Lipinski definition) is 8. The van der Waals surface area contributed by atoms with Crippen molar-refractivity contribution in [2.75, 3.05) is 32.7 Å². The van der Waals surface area contributed by atoms with Crippen LogP contribution in [0.15, 0.2) is 102 Å². The molecule has 8 nitrogen and oxygen atoms in total. The smallest absolute Gasteiger partial charge is 0.273 e. The number of amides is 1. The molecule has 4 heterocycles. The van der Waals surface area contributed by atoms with Crippen molar-refractivity contribution in [1.82, 2.24) is 34.5 Å².